The highest BCUT2D eigenvalue weighted by atomic mass is 35.5. The number of para-hydroxylation sites is 1. The number of carbonyl (C=O) groups excluding carboxylic acids is 4. The summed E-state index contributed by atoms with van der Waals surface area (Å²) < 4.78 is 10.2. The van der Waals surface area contributed by atoms with E-state index < -0.39 is 30.1 Å². The number of carbonyl (C=O) groups is 4. The molecule has 1 fully saturated rings. The minimum atomic E-state index is -1.05. The summed E-state index contributed by atoms with van der Waals surface area (Å²) in [7, 11) is 1.22. The first kappa shape index (κ1) is 30.0. The van der Waals surface area contributed by atoms with Crippen molar-refractivity contribution in [2.45, 2.75) is 70.1 Å². The van der Waals surface area contributed by atoms with Crippen molar-refractivity contribution in [3.63, 3.8) is 0 Å². The van der Waals surface area contributed by atoms with Crippen molar-refractivity contribution in [3.8, 4) is 0 Å². The van der Waals surface area contributed by atoms with Crippen LogP contribution < -0.4 is 16.0 Å². The maximum atomic E-state index is 13.3. The quantitative estimate of drug-likeness (QED) is 0.316. The van der Waals surface area contributed by atoms with E-state index >= 15 is 0 Å². The smallest absolute Gasteiger partial charge is 0.408 e. The van der Waals surface area contributed by atoms with Gasteiger partial charge in [-0.3, -0.25) is 9.59 Å². The number of halogens is 1. The molecule has 3 amide bonds. The molecule has 0 bridgehead atoms. The van der Waals surface area contributed by atoms with Crippen LogP contribution in [0.25, 0.3) is 0 Å². The van der Waals surface area contributed by atoms with Gasteiger partial charge in [-0.05, 0) is 48.6 Å². The van der Waals surface area contributed by atoms with E-state index in [0.29, 0.717) is 22.7 Å². The van der Waals surface area contributed by atoms with Crippen molar-refractivity contribution in [3.05, 3.63) is 65.2 Å². The fourth-order valence-electron chi connectivity index (χ4n) is 4.63. The Hall–Kier alpha value is -3.59. The van der Waals surface area contributed by atoms with E-state index in [-0.39, 0.29) is 31.3 Å². The number of alkyl carbamates (subject to hydrolysis) is 1. The SMILES string of the molecule is COC(=O)C(CCC(=O)Nc1ccccc1)NC(=O)C(CC1CCCCC1)NC(=O)OCc1cccc(Cl)c1. The summed E-state index contributed by atoms with van der Waals surface area (Å²) in [4.78, 5) is 50.8. The highest BCUT2D eigenvalue weighted by Crippen LogP contribution is 2.27. The number of anilines is 1. The van der Waals surface area contributed by atoms with Gasteiger partial charge in [0, 0.05) is 17.1 Å². The van der Waals surface area contributed by atoms with Gasteiger partial charge in [0.2, 0.25) is 11.8 Å². The summed E-state index contributed by atoms with van der Waals surface area (Å²) in [5.41, 5.74) is 1.35. The van der Waals surface area contributed by atoms with Crippen LogP contribution in [0.2, 0.25) is 5.02 Å². The average Bonchev–Trinajstić information content (AvgIpc) is 2.94. The molecule has 2 aromatic carbocycles. The van der Waals surface area contributed by atoms with E-state index in [4.69, 9.17) is 21.1 Å². The van der Waals surface area contributed by atoms with Crippen molar-refractivity contribution in [1.29, 1.82) is 0 Å². The lowest BCUT2D eigenvalue weighted by Gasteiger charge is -2.27. The lowest BCUT2D eigenvalue weighted by atomic mass is 9.84. The Morgan fingerprint density at radius 1 is 0.949 bits per heavy atom. The first-order chi connectivity index (χ1) is 18.8. The highest BCUT2D eigenvalue weighted by molar-refractivity contribution is 6.30. The van der Waals surface area contributed by atoms with Crippen LogP contribution in [0.15, 0.2) is 54.6 Å². The molecule has 9 nitrogen and oxygen atoms in total. The van der Waals surface area contributed by atoms with E-state index in [1.807, 2.05) is 6.07 Å². The van der Waals surface area contributed by atoms with Gasteiger partial charge < -0.3 is 25.4 Å². The molecule has 39 heavy (non-hydrogen) atoms. The van der Waals surface area contributed by atoms with Crippen LogP contribution in [0.5, 0.6) is 0 Å². The Morgan fingerprint density at radius 2 is 1.69 bits per heavy atom. The van der Waals surface area contributed by atoms with E-state index in [1.54, 1.807) is 48.5 Å². The fourth-order valence-corrected chi connectivity index (χ4v) is 4.84. The van der Waals surface area contributed by atoms with E-state index in [0.717, 1.165) is 32.1 Å². The second-order valence-electron chi connectivity index (χ2n) is 9.68. The Bertz CT molecular complexity index is 1110. The normalized spacial score (nSPS) is 14.9. The molecule has 0 aliphatic heterocycles. The molecule has 0 heterocycles. The van der Waals surface area contributed by atoms with Gasteiger partial charge in [-0.15, -0.1) is 0 Å². The summed E-state index contributed by atoms with van der Waals surface area (Å²) in [6.45, 7) is -0.00846. The molecule has 10 heteroatoms. The molecule has 0 saturated heterocycles. The molecule has 3 rings (SSSR count). The molecule has 1 aliphatic carbocycles. The minimum absolute atomic E-state index is 0.00846. The van der Waals surface area contributed by atoms with Gasteiger partial charge in [0.25, 0.3) is 0 Å². The van der Waals surface area contributed by atoms with Gasteiger partial charge in [-0.1, -0.05) is 74.0 Å². The predicted octanol–water partition coefficient (Wildman–Crippen LogP) is 4.98. The third-order valence-electron chi connectivity index (χ3n) is 6.68. The van der Waals surface area contributed by atoms with E-state index in [1.165, 1.54) is 7.11 Å². The summed E-state index contributed by atoms with van der Waals surface area (Å²) in [5.74, 6) is -1.24. The van der Waals surface area contributed by atoms with Crippen molar-refractivity contribution in [2.24, 2.45) is 5.92 Å². The zero-order chi connectivity index (χ0) is 28.0. The number of benzene rings is 2. The van der Waals surface area contributed by atoms with Crippen LogP contribution in [0.3, 0.4) is 0 Å². The number of hydrogen-bond donors (Lipinski definition) is 3. The van der Waals surface area contributed by atoms with Crippen LogP contribution in [0.1, 0.15) is 56.9 Å². The second kappa shape index (κ2) is 15.7. The third-order valence-corrected chi connectivity index (χ3v) is 6.92. The Balaban J connectivity index is 1.61. The molecule has 3 N–H and O–H groups in total. The van der Waals surface area contributed by atoms with Gasteiger partial charge in [-0.25, -0.2) is 9.59 Å². The van der Waals surface area contributed by atoms with Crippen LogP contribution in [-0.2, 0) is 30.5 Å². The van der Waals surface area contributed by atoms with Crippen molar-refractivity contribution < 1.29 is 28.7 Å². The Kier molecular flexibility index (Phi) is 12.1. The van der Waals surface area contributed by atoms with Crippen molar-refractivity contribution >= 4 is 41.2 Å². The van der Waals surface area contributed by atoms with Gasteiger partial charge >= 0.3 is 12.1 Å². The molecule has 0 radical (unpaired) electrons. The van der Waals surface area contributed by atoms with Crippen LogP contribution in [0.4, 0.5) is 10.5 Å². The number of hydrogen-bond acceptors (Lipinski definition) is 6. The van der Waals surface area contributed by atoms with Crippen molar-refractivity contribution in [2.75, 3.05) is 12.4 Å². The number of amides is 3. The summed E-state index contributed by atoms with van der Waals surface area (Å²) in [6, 6.07) is 13.9. The molecule has 1 aliphatic rings. The maximum Gasteiger partial charge on any atom is 0.408 e. The molecule has 0 spiro atoms. The third kappa shape index (κ3) is 10.6. The van der Waals surface area contributed by atoms with E-state index in [9.17, 15) is 19.2 Å². The Morgan fingerprint density at radius 3 is 2.38 bits per heavy atom. The molecule has 2 unspecified atom stereocenters. The zero-order valence-corrected chi connectivity index (χ0v) is 22.9. The first-order valence-electron chi connectivity index (χ1n) is 13.2. The van der Waals surface area contributed by atoms with Gasteiger partial charge in [-0.2, -0.15) is 0 Å². The van der Waals surface area contributed by atoms with Crippen LogP contribution >= 0.6 is 11.6 Å². The topological polar surface area (TPSA) is 123 Å². The van der Waals surface area contributed by atoms with Gasteiger partial charge in [0.1, 0.15) is 18.7 Å². The molecular formula is C29H36ClN3O6. The number of ether oxygens (including phenoxy) is 2. The minimum Gasteiger partial charge on any atom is -0.467 e. The molecular weight excluding hydrogens is 522 g/mol. The zero-order valence-electron chi connectivity index (χ0n) is 22.1. The summed E-state index contributed by atoms with van der Waals surface area (Å²) >= 11 is 5.99. The van der Waals surface area contributed by atoms with Gasteiger partial charge in [0.05, 0.1) is 7.11 Å². The van der Waals surface area contributed by atoms with Crippen LogP contribution in [0, 0.1) is 5.92 Å². The summed E-state index contributed by atoms with van der Waals surface area (Å²) in [5, 5.41) is 8.63. The number of esters is 1. The fraction of sp³-hybridized carbons (Fsp3) is 0.448. The molecule has 2 aromatic rings. The summed E-state index contributed by atoms with van der Waals surface area (Å²) in [6.07, 6.45) is 4.90. The largest absolute Gasteiger partial charge is 0.467 e. The monoisotopic (exact) mass is 557 g/mol. The molecule has 1 saturated carbocycles. The molecule has 0 aromatic heterocycles. The molecule has 210 valence electrons. The second-order valence-corrected chi connectivity index (χ2v) is 10.1. The standard InChI is InChI=1S/C29H36ClN3O6/c1-38-28(36)24(15-16-26(34)31-23-13-6-3-7-14-23)32-27(35)25(18-20-9-4-2-5-10-20)33-29(37)39-19-21-11-8-12-22(30)17-21/h3,6-8,11-14,17,20,24-25H,2,4-5,9-10,15-16,18-19H2,1H3,(H,31,34)(H,32,35)(H,33,37). The van der Waals surface area contributed by atoms with E-state index in [2.05, 4.69) is 16.0 Å². The van der Waals surface area contributed by atoms with Gasteiger partial charge in [0.15, 0.2) is 0 Å². The Labute approximate surface area is 234 Å². The first-order valence-corrected chi connectivity index (χ1v) is 13.6. The highest BCUT2D eigenvalue weighted by Gasteiger charge is 2.30. The van der Waals surface area contributed by atoms with Crippen molar-refractivity contribution in [1.82, 2.24) is 10.6 Å². The lowest BCUT2D eigenvalue weighted by Crippen LogP contribution is -2.52. The molecule has 2 atom stereocenters. The predicted molar refractivity (Wildman–Crippen MR) is 148 cm³/mol. The maximum absolute atomic E-state index is 13.3. The number of methoxy groups -OCH3 is 1. The van der Waals surface area contributed by atoms with Crippen LogP contribution in [-0.4, -0.2) is 43.1 Å². The average molecular weight is 558 g/mol. The number of nitrogens with one attached hydrogen (secondary N) is 3. The number of rotatable bonds is 12. The lowest BCUT2D eigenvalue weighted by molar-refractivity contribution is -0.145.